The van der Waals surface area contributed by atoms with Crippen LogP contribution in [0.3, 0.4) is 0 Å². The van der Waals surface area contributed by atoms with Gasteiger partial charge in [-0.1, -0.05) is 55.0 Å². The largest absolute Gasteiger partial charge is 0.455 e. The predicted octanol–water partition coefficient (Wildman–Crippen LogP) is 4.03. The van der Waals surface area contributed by atoms with E-state index in [4.69, 9.17) is 4.74 Å². The van der Waals surface area contributed by atoms with Crippen molar-refractivity contribution in [3.63, 3.8) is 0 Å². The quantitative estimate of drug-likeness (QED) is 0.708. The molecule has 0 saturated heterocycles. The van der Waals surface area contributed by atoms with Crippen molar-refractivity contribution in [2.24, 2.45) is 0 Å². The van der Waals surface area contributed by atoms with Gasteiger partial charge in [0.1, 0.15) is 0 Å². The van der Waals surface area contributed by atoms with Crippen LogP contribution in [0.25, 0.3) is 0 Å². The van der Waals surface area contributed by atoms with Gasteiger partial charge in [-0.2, -0.15) is 13.2 Å². The topological polar surface area (TPSA) is 55.4 Å². The van der Waals surface area contributed by atoms with Crippen LogP contribution in [-0.4, -0.2) is 25.0 Å². The van der Waals surface area contributed by atoms with Crippen LogP contribution >= 0.6 is 0 Å². The Balaban J connectivity index is 1.47. The first-order chi connectivity index (χ1) is 13.8. The molecule has 4 nitrogen and oxygen atoms in total. The van der Waals surface area contributed by atoms with Crippen molar-refractivity contribution in [3.8, 4) is 0 Å². The minimum atomic E-state index is -4.48. The molecule has 2 aromatic rings. The Morgan fingerprint density at radius 2 is 1.76 bits per heavy atom. The number of ether oxygens (including phenoxy) is 1. The number of nitrogens with one attached hydrogen (secondary N) is 1. The van der Waals surface area contributed by atoms with E-state index in [9.17, 15) is 22.8 Å². The maximum atomic E-state index is 12.7. The summed E-state index contributed by atoms with van der Waals surface area (Å²) in [7, 11) is 0. The average Bonchev–Trinajstić information content (AvgIpc) is 2.66. The van der Waals surface area contributed by atoms with E-state index in [-0.39, 0.29) is 17.4 Å². The Morgan fingerprint density at radius 3 is 2.38 bits per heavy atom. The van der Waals surface area contributed by atoms with Gasteiger partial charge in [-0.15, -0.1) is 0 Å². The fourth-order valence-corrected chi connectivity index (χ4v) is 3.50. The molecule has 1 N–H and O–H groups in total. The van der Waals surface area contributed by atoms with E-state index in [0.29, 0.717) is 6.54 Å². The second-order valence-corrected chi connectivity index (χ2v) is 7.31. The highest BCUT2D eigenvalue weighted by molar-refractivity contribution is 5.81. The van der Waals surface area contributed by atoms with Gasteiger partial charge in [0.25, 0.3) is 5.91 Å². The number of carbonyl (C=O) groups is 2. The summed E-state index contributed by atoms with van der Waals surface area (Å²) in [4.78, 5) is 24.0. The van der Waals surface area contributed by atoms with Crippen LogP contribution in [0.4, 0.5) is 13.2 Å². The zero-order chi connectivity index (χ0) is 20.9. The summed E-state index contributed by atoms with van der Waals surface area (Å²) in [5.74, 6) is -1.18. The third-order valence-corrected chi connectivity index (χ3v) is 5.29. The summed E-state index contributed by atoms with van der Waals surface area (Å²) in [5, 5.41) is 2.81. The van der Waals surface area contributed by atoms with Crippen LogP contribution in [0, 0.1) is 0 Å². The van der Waals surface area contributed by atoms with Gasteiger partial charge >= 0.3 is 12.1 Å². The maximum Gasteiger partial charge on any atom is 0.416 e. The highest BCUT2D eigenvalue weighted by Crippen LogP contribution is 2.43. The lowest BCUT2D eigenvalue weighted by atomic mass is 9.64. The summed E-state index contributed by atoms with van der Waals surface area (Å²) in [6, 6.07) is 14.4. The Bertz CT molecular complexity index is 861. The number of hydrogen-bond donors (Lipinski definition) is 1. The van der Waals surface area contributed by atoms with Crippen LogP contribution in [0.2, 0.25) is 0 Å². The fraction of sp³-hybridized carbons (Fsp3) is 0.364. The molecule has 7 heteroatoms. The molecule has 1 amide bonds. The SMILES string of the molecule is O=C(COC(=O)Cc1cccc(C(F)(F)F)c1)NCC1(c2ccccc2)CCC1. The normalized spacial score (nSPS) is 15.3. The molecule has 0 atom stereocenters. The molecule has 29 heavy (non-hydrogen) atoms. The number of esters is 1. The molecule has 0 heterocycles. The molecule has 0 unspecified atom stereocenters. The van der Waals surface area contributed by atoms with Crippen LogP contribution in [0.5, 0.6) is 0 Å². The smallest absolute Gasteiger partial charge is 0.416 e. The van der Waals surface area contributed by atoms with Gasteiger partial charge in [0.2, 0.25) is 0 Å². The maximum absolute atomic E-state index is 12.7. The minimum Gasteiger partial charge on any atom is -0.455 e. The molecule has 3 rings (SSSR count). The average molecular weight is 405 g/mol. The molecular formula is C22H22F3NO3. The number of rotatable bonds is 7. The first kappa shape index (κ1) is 20.9. The van der Waals surface area contributed by atoms with E-state index in [1.54, 1.807) is 0 Å². The molecular weight excluding hydrogens is 383 g/mol. The van der Waals surface area contributed by atoms with Crippen LogP contribution in [0.1, 0.15) is 36.0 Å². The lowest BCUT2D eigenvalue weighted by molar-refractivity contribution is -0.148. The molecule has 1 fully saturated rings. The van der Waals surface area contributed by atoms with E-state index < -0.39 is 30.2 Å². The number of halogens is 3. The van der Waals surface area contributed by atoms with Gasteiger partial charge < -0.3 is 10.1 Å². The summed E-state index contributed by atoms with van der Waals surface area (Å²) < 4.78 is 43.1. The zero-order valence-corrected chi connectivity index (χ0v) is 15.8. The first-order valence-corrected chi connectivity index (χ1v) is 9.42. The molecule has 1 aliphatic rings. The molecule has 2 aromatic carbocycles. The monoisotopic (exact) mass is 405 g/mol. The Morgan fingerprint density at radius 1 is 1.03 bits per heavy atom. The van der Waals surface area contributed by atoms with Gasteiger partial charge in [-0.05, 0) is 30.0 Å². The first-order valence-electron chi connectivity index (χ1n) is 9.42. The fourth-order valence-electron chi connectivity index (χ4n) is 3.50. The van der Waals surface area contributed by atoms with Gasteiger partial charge in [0.15, 0.2) is 6.61 Å². The lowest BCUT2D eigenvalue weighted by Gasteiger charge is -2.42. The molecule has 0 aromatic heterocycles. The van der Waals surface area contributed by atoms with E-state index in [1.807, 2.05) is 30.3 Å². The molecule has 0 spiro atoms. The van der Waals surface area contributed by atoms with Crippen molar-refractivity contribution in [2.45, 2.75) is 37.3 Å². The van der Waals surface area contributed by atoms with Crippen molar-refractivity contribution >= 4 is 11.9 Å². The van der Waals surface area contributed by atoms with Crippen molar-refractivity contribution in [3.05, 3.63) is 71.3 Å². The second-order valence-electron chi connectivity index (χ2n) is 7.31. The van der Waals surface area contributed by atoms with E-state index >= 15 is 0 Å². The number of carbonyl (C=O) groups excluding carboxylic acids is 2. The third kappa shape index (κ3) is 5.37. The van der Waals surface area contributed by atoms with Crippen molar-refractivity contribution in [2.75, 3.05) is 13.2 Å². The van der Waals surface area contributed by atoms with Crippen LogP contribution < -0.4 is 5.32 Å². The van der Waals surface area contributed by atoms with E-state index in [1.165, 1.54) is 17.7 Å². The molecule has 1 aliphatic carbocycles. The van der Waals surface area contributed by atoms with Gasteiger partial charge in [-0.3, -0.25) is 9.59 Å². The number of hydrogen-bond acceptors (Lipinski definition) is 3. The Hall–Kier alpha value is -2.83. The highest BCUT2D eigenvalue weighted by Gasteiger charge is 2.38. The molecule has 0 aliphatic heterocycles. The van der Waals surface area contributed by atoms with Crippen molar-refractivity contribution in [1.82, 2.24) is 5.32 Å². The molecule has 0 bridgehead atoms. The zero-order valence-electron chi connectivity index (χ0n) is 15.8. The standard InChI is InChI=1S/C22H22F3NO3/c23-22(24,25)18-9-4-6-16(12-18)13-20(28)29-14-19(27)26-15-21(10-5-11-21)17-7-2-1-3-8-17/h1-4,6-9,12H,5,10-11,13-15H2,(H,26,27). The summed E-state index contributed by atoms with van der Waals surface area (Å²) in [6.45, 7) is 0.00366. The Labute approximate surface area is 167 Å². The second kappa shape index (κ2) is 8.68. The summed E-state index contributed by atoms with van der Waals surface area (Å²) >= 11 is 0. The third-order valence-electron chi connectivity index (χ3n) is 5.29. The summed E-state index contributed by atoms with van der Waals surface area (Å²) in [6.07, 6.45) is -1.75. The predicted molar refractivity (Wildman–Crippen MR) is 101 cm³/mol. The van der Waals surface area contributed by atoms with Crippen molar-refractivity contribution < 1.29 is 27.5 Å². The molecule has 154 valence electrons. The Kier molecular flexibility index (Phi) is 6.25. The number of benzene rings is 2. The minimum absolute atomic E-state index is 0.0844. The number of amides is 1. The molecule has 0 radical (unpaired) electrons. The van der Waals surface area contributed by atoms with E-state index in [0.717, 1.165) is 31.4 Å². The van der Waals surface area contributed by atoms with Crippen LogP contribution in [-0.2, 0) is 32.3 Å². The van der Waals surface area contributed by atoms with E-state index in [2.05, 4.69) is 5.32 Å². The van der Waals surface area contributed by atoms with Gasteiger partial charge in [0, 0.05) is 12.0 Å². The van der Waals surface area contributed by atoms with Crippen LogP contribution in [0.15, 0.2) is 54.6 Å². The lowest BCUT2D eigenvalue weighted by Crippen LogP contribution is -2.46. The molecule has 1 saturated carbocycles. The highest BCUT2D eigenvalue weighted by atomic mass is 19.4. The van der Waals surface area contributed by atoms with Gasteiger partial charge in [-0.25, -0.2) is 0 Å². The summed E-state index contributed by atoms with van der Waals surface area (Å²) in [5.41, 5.74) is 0.446. The number of alkyl halides is 3. The van der Waals surface area contributed by atoms with Crippen molar-refractivity contribution in [1.29, 1.82) is 0 Å². The van der Waals surface area contributed by atoms with Gasteiger partial charge in [0.05, 0.1) is 12.0 Å².